The lowest BCUT2D eigenvalue weighted by molar-refractivity contribution is 0.0257. The van der Waals surface area contributed by atoms with Gasteiger partial charge < -0.3 is 9.64 Å². The lowest BCUT2D eigenvalue weighted by atomic mass is 10.0. The van der Waals surface area contributed by atoms with Gasteiger partial charge in [-0.3, -0.25) is 4.68 Å². The Bertz CT molecular complexity index is 1190. The molecule has 0 amide bonds. The standard InChI is InChI=1S/C24H23F2N3O2/c1-4-5-18-8-11-20(23(30)31-3)22-21(18)14-27-29(22)16(2)17-6-9-19(10-7-17)28-13-12-24(25,26)15-28/h6-11,14,16H,12-13,15H2,1-3H3/t16-/m1/s1. The summed E-state index contributed by atoms with van der Waals surface area (Å²) in [7, 11) is 1.35. The van der Waals surface area contributed by atoms with Gasteiger partial charge in [0.15, 0.2) is 0 Å². The Balaban J connectivity index is 1.72. The number of esters is 1. The van der Waals surface area contributed by atoms with Crippen molar-refractivity contribution in [2.45, 2.75) is 32.2 Å². The third-order valence-corrected chi connectivity index (χ3v) is 5.70. The normalized spacial score (nSPS) is 16.1. The number of fused-ring (bicyclic) bond motifs is 1. The summed E-state index contributed by atoms with van der Waals surface area (Å²) in [6.07, 6.45) is 1.59. The average molecular weight is 423 g/mol. The summed E-state index contributed by atoms with van der Waals surface area (Å²) in [5.41, 5.74) is 3.58. The summed E-state index contributed by atoms with van der Waals surface area (Å²) < 4.78 is 33.8. The molecule has 160 valence electrons. The molecule has 7 heteroatoms. The molecule has 0 aliphatic carbocycles. The number of carbonyl (C=O) groups excluding carboxylic acids is 1. The number of benzene rings is 2. The second kappa shape index (κ2) is 8.03. The molecule has 0 unspecified atom stereocenters. The fourth-order valence-corrected chi connectivity index (χ4v) is 4.04. The van der Waals surface area contributed by atoms with Gasteiger partial charge in [0.25, 0.3) is 5.92 Å². The van der Waals surface area contributed by atoms with E-state index in [0.29, 0.717) is 17.6 Å². The summed E-state index contributed by atoms with van der Waals surface area (Å²) in [6.45, 7) is 3.82. The van der Waals surface area contributed by atoms with Crippen LogP contribution < -0.4 is 4.90 Å². The van der Waals surface area contributed by atoms with E-state index in [1.807, 2.05) is 31.2 Å². The maximum atomic E-state index is 13.5. The Morgan fingerprint density at radius 3 is 2.58 bits per heavy atom. The van der Waals surface area contributed by atoms with E-state index in [2.05, 4.69) is 16.9 Å². The Labute approximate surface area is 179 Å². The second-order valence-electron chi connectivity index (χ2n) is 7.67. The lowest BCUT2D eigenvalue weighted by Gasteiger charge is -2.20. The van der Waals surface area contributed by atoms with Gasteiger partial charge in [-0.05, 0) is 43.7 Å². The predicted octanol–water partition coefficient (Wildman–Crippen LogP) is 4.65. The molecule has 1 aromatic heterocycles. The van der Waals surface area contributed by atoms with E-state index in [9.17, 15) is 13.6 Å². The maximum absolute atomic E-state index is 13.5. The fourth-order valence-electron chi connectivity index (χ4n) is 4.04. The molecule has 5 nitrogen and oxygen atoms in total. The summed E-state index contributed by atoms with van der Waals surface area (Å²) in [4.78, 5) is 14.1. The highest BCUT2D eigenvalue weighted by atomic mass is 19.3. The van der Waals surface area contributed by atoms with Crippen LogP contribution in [-0.2, 0) is 4.74 Å². The molecule has 4 rings (SSSR count). The molecule has 0 spiro atoms. The average Bonchev–Trinajstić information content (AvgIpc) is 3.37. The fraction of sp³-hybridized carbons (Fsp3) is 0.333. The van der Waals surface area contributed by atoms with E-state index in [1.165, 1.54) is 7.11 Å². The molecule has 2 heterocycles. The van der Waals surface area contributed by atoms with Crippen LogP contribution in [0.5, 0.6) is 0 Å². The Morgan fingerprint density at radius 2 is 1.97 bits per heavy atom. The molecule has 0 N–H and O–H groups in total. The van der Waals surface area contributed by atoms with Crippen molar-refractivity contribution in [3.05, 3.63) is 59.3 Å². The minimum Gasteiger partial charge on any atom is -0.465 e. The van der Waals surface area contributed by atoms with Gasteiger partial charge in [0.1, 0.15) is 0 Å². The lowest BCUT2D eigenvalue weighted by Crippen LogP contribution is -2.24. The molecule has 1 aliphatic heterocycles. The van der Waals surface area contributed by atoms with Gasteiger partial charge in [0.2, 0.25) is 0 Å². The van der Waals surface area contributed by atoms with Crippen molar-refractivity contribution in [1.82, 2.24) is 9.78 Å². The quantitative estimate of drug-likeness (QED) is 0.453. The number of halogens is 2. The molecule has 2 aromatic carbocycles. The Kier molecular flexibility index (Phi) is 5.40. The highest BCUT2D eigenvalue weighted by Gasteiger charge is 2.38. The van der Waals surface area contributed by atoms with Crippen LogP contribution in [0.25, 0.3) is 10.9 Å². The number of alkyl halides is 2. The number of hydrogen-bond acceptors (Lipinski definition) is 4. The molecule has 1 atom stereocenters. The van der Waals surface area contributed by atoms with Gasteiger partial charge in [-0.15, -0.1) is 5.92 Å². The number of hydrogen-bond donors (Lipinski definition) is 0. The van der Waals surface area contributed by atoms with Gasteiger partial charge in [0.05, 0.1) is 37.0 Å². The van der Waals surface area contributed by atoms with E-state index >= 15 is 0 Å². The molecule has 0 saturated carbocycles. The highest BCUT2D eigenvalue weighted by Crippen LogP contribution is 2.33. The molecule has 0 radical (unpaired) electrons. The first-order chi connectivity index (χ1) is 14.8. The van der Waals surface area contributed by atoms with Gasteiger partial charge >= 0.3 is 5.97 Å². The number of carbonyl (C=O) groups is 1. The number of aromatic nitrogens is 2. The molecule has 1 aliphatic rings. The van der Waals surface area contributed by atoms with Crippen LogP contribution >= 0.6 is 0 Å². The van der Waals surface area contributed by atoms with Crippen LogP contribution in [0.2, 0.25) is 0 Å². The van der Waals surface area contributed by atoms with Crippen molar-refractivity contribution in [3.63, 3.8) is 0 Å². The SMILES string of the molecule is CC#Cc1ccc(C(=O)OC)c2c1cnn2[C@H](C)c1ccc(N2CCC(F)(F)C2)cc1. The first-order valence-electron chi connectivity index (χ1n) is 10.1. The minimum absolute atomic E-state index is 0.121. The predicted molar refractivity (Wildman–Crippen MR) is 116 cm³/mol. The topological polar surface area (TPSA) is 47.4 Å². The van der Waals surface area contributed by atoms with Crippen molar-refractivity contribution >= 4 is 22.6 Å². The molecule has 1 saturated heterocycles. The zero-order valence-corrected chi connectivity index (χ0v) is 17.7. The first-order valence-corrected chi connectivity index (χ1v) is 10.1. The van der Waals surface area contributed by atoms with Crippen LogP contribution in [0, 0.1) is 11.8 Å². The van der Waals surface area contributed by atoms with Crippen molar-refractivity contribution < 1.29 is 18.3 Å². The van der Waals surface area contributed by atoms with Crippen LogP contribution in [-0.4, -0.2) is 41.9 Å². The Morgan fingerprint density at radius 1 is 1.23 bits per heavy atom. The molecule has 0 bridgehead atoms. The number of rotatable bonds is 4. The summed E-state index contributed by atoms with van der Waals surface area (Å²) in [5.74, 6) is 2.86. The first kappa shape index (κ1) is 20.9. The number of nitrogens with zero attached hydrogens (tertiary/aromatic N) is 3. The minimum atomic E-state index is -2.64. The number of anilines is 1. The van der Waals surface area contributed by atoms with E-state index < -0.39 is 11.9 Å². The van der Waals surface area contributed by atoms with Crippen molar-refractivity contribution in [1.29, 1.82) is 0 Å². The number of ether oxygens (including phenoxy) is 1. The van der Waals surface area contributed by atoms with E-state index in [-0.39, 0.29) is 19.0 Å². The monoisotopic (exact) mass is 423 g/mol. The van der Waals surface area contributed by atoms with E-state index in [0.717, 1.165) is 22.2 Å². The zero-order valence-electron chi connectivity index (χ0n) is 17.7. The number of methoxy groups -OCH3 is 1. The van der Waals surface area contributed by atoms with Crippen molar-refractivity contribution in [3.8, 4) is 11.8 Å². The smallest absolute Gasteiger partial charge is 0.340 e. The van der Waals surface area contributed by atoms with Gasteiger partial charge in [0, 0.05) is 29.6 Å². The van der Waals surface area contributed by atoms with Crippen LogP contribution in [0.3, 0.4) is 0 Å². The summed E-state index contributed by atoms with van der Waals surface area (Å²) in [6, 6.07) is 10.8. The van der Waals surface area contributed by atoms with Gasteiger partial charge in [-0.2, -0.15) is 5.10 Å². The third kappa shape index (κ3) is 3.86. The van der Waals surface area contributed by atoms with Crippen LogP contribution in [0.1, 0.15) is 47.8 Å². The summed E-state index contributed by atoms with van der Waals surface area (Å²) in [5, 5.41) is 5.32. The highest BCUT2D eigenvalue weighted by molar-refractivity contribution is 6.04. The van der Waals surface area contributed by atoms with E-state index in [4.69, 9.17) is 4.74 Å². The van der Waals surface area contributed by atoms with Gasteiger partial charge in [-0.1, -0.05) is 18.1 Å². The second-order valence-corrected chi connectivity index (χ2v) is 7.67. The summed E-state index contributed by atoms with van der Waals surface area (Å²) >= 11 is 0. The van der Waals surface area contributed by atoms with Gasteiger partial charge in [-0.25, -0.2) is 13.6 Å². The maximum Gasteiger partial charge on any atom is 0.340 e. The molecular formula is C24H23F2N3O2. The molecule has 1 fully saturated rings. The van der Waals surface area contributed by atoms with Crippen molar-refractivity contribution in [2.24, 2.45) is 0 Å². The molecule has 3 aromatic rings. The van der Waals surface area contributed by atoms with Crippen LogP contribution in [0.15, 0.2) is 42.6 Å². The largest absolute Gasteiger partial charge is 0.465 e. The van der Waals surface area contributed by atoms with Crippen molar-refractivity contribution in [2.75, 3.05) is 25.1 Å². The molecule has 31 heavy (non-hydrogen) atoms. The Hall–Kier alpha value is -3.40. The van der Waals surface area contributed by atoms with Crippen LogP contribution in [0.4, 0.5) is 14.5 Å². The zero-order chi connectivity index (χ0) is 22.2. The third-order valence-electron chi connectivity index (χ3n) is 5.70. The van der Waals surface area contributed by atoms with E-state index in [1.54, 1.807) is 34.8 Å². The molecular weight excluding hydrogens is 400 g/mol.